The average Bonchev–Trinajstić information content (AvgIpc) is 2.47. The molecule has 22 heavy (non-hydrogen) atoms. The highest BCUT2D eigenvalue weighted by Gasteiger charge is 2.30. The van der Waals surface area contributed by atoms with E-state index < -0.39 is 11.6 Å². The summed E-state index contributed by atoms with van der Waals surface area (Å²) < 4.78 is 10.7. The van der Waals surface area contributed by atoms with Gasteiger partial charge in [0.05, 0.1) is 12.6 Å². The first-order valence-electron chi connectivity index (χ1n) is 7.15. The number of ether oxygens (including phenoxy) is 2. The highest BCUT2D eigenvalue weighted by Crippen LogP contribution is 2.19. The fourth-order valence-corrected chi connectivity index (χ4v) is 1.73. The third-order valence-electron chi connectivity index (χ3n) is 3.85. The maximum Gasteiger partial charge on any atom is 0.261 e. The molecule has 5 nitrogen and oxygen atoms in total. The number of methoxy groups -OCH3 is 1. The zero-order valence-corrected chi connectivity index (χ0v) is 14.7. The Morgan fingerprint density at radius 3 is 2.14 bits per heavy atom. The molecule has 0 aliphatic rings. The number of nitrogens with two attached hydrogens (primary N) is 1. The van der Waals surface area contributed by atoms with Crippen LogP contribution >= 0.6 is 12.4 Å². The number of nitrogens with one attached hydrogen (secondary N) is 1. The highest BCUT2D eigenvalue weighted by atomic mass is 35.5. The van der Waals surface area contributed by atoms with Crippen LogP contribution in [0, 0.1) is 5.92 Å². The van der Waals surface area contributed by atoms with E-state index in [0.717, 1.165) is 5.75 Å². The maximum absolute atomic E-state index is 12.2. The van der Waals surface area contributed by atoms with Gasteiger partial charge in [-0.1, -0.05) is 13.8 Å². The van der Waals surface area contributed by atoms with E-state index in [0.29, 0.717) is 12.3 Å². The lowest BCUT2D eigenvalue weighted by molar-refractivity contribution is -0.129. The van der Waals surface area contributed by atoms with Crippen LogP contribution in [0.3, 0.4) is 0 Å². The Morgan fingerprint density at radius 2 is 1.73 bits per heavy atom. The molecule has 6 heteroatoms. The van der Waals surface area contributed by atoms with Crippen molar-refractivity contribution in [1.29, 1.82) is 0 Å². The molecule has 0 radical (unpaired) electrons. The lowest BCUT2D eigenvalue weighted by Crippen LogP contribution is -2.57. The Bertz CT molecular complexity index is 465. The second-order valence-corrected chi connectivity index (χ2v) is 5.70. The molecule has 2 unspecified atom stereocenters. The molecule has 0 bridgehead atoms. The summed E-state index contributed by atoms with van der Waals surface area (Å²) in [4.78, 5) is 12.2. The Kier molecular flexibility index (Phi) is 8.27. The van der Waals surface area contributed by atoms with Crippen LogP contribution in [0.1, 0.15) is 27.7 Å². The van der Waals surface area contributed by atoms with Crippen molar-refractivity contribution in [3.63, 3.8) is 0 Å². The van der Waals surface area contributed by atoms with E-state index in [9.17, 15) is 4.79 Å². The molecule has 2 atom stereocenters. The van der Waals surface area contributed by atoms with E-state index in [1.54, 1.807) is 38.3 Å². The Hall–Kier alpha value is -1.46. The van der Waals surface area contributed by atoms with Crippen molar-refractivity contribution < 1.29 is 14.3 Å². The van der Waals surface area contributed by atoms with E-state index >= 15 is 0 Å². The van der Waals surface area contributed by atoms with E-state index in [2.05, 4.69) is 5.32 Å². The zero-order valence-electron chi connectivity index (χ0n) is 13.9. The Balaban J connectivity index is 0.00000441. The fraction of sp³-hybridized carbons (Fsp3) is 0.562. The number of carbonyl (C=O) groups excluding carboxylic acids is 1. The van der Waals surface area contributed by atoms with Crippen LogP contribution < -0.4 is 20.5 Å². The van der Waals surface area contributed by atoms with Crippen LogP contribution in [0.2, 0.25) is 0 Å². The first kappa shape index (κ1) is 20.5. The molecule has 1 aromatic carbocycles. The topological polar surface area (TPSA) is 73.6 Å². The van der Waals surface area contributed by atoms with E-state index in [4.69, 9.17) is 15.2 Å². The number of hydrogen-bond donors (Lipinski definition) is 2. The van der Waals surface area contributed by atoms with Crippen LogP contribution in [0.5, 0.6) is 11.5 Å². The maximum atomic E-state index is 12.2. The predicted octanol–water partition coefficient (Wildman–Crippen LogP) is 2.37. The van der Waals surface area contributed by atoms with Gasteiger partial charge in [-0.25, -0.2) is 0 Å². The predicted molar refractivity (Wildman–Crippen MR) is 90.8 cm³/mol. The van der Waals surface area contributed by atoms with E-state index in [1.165, 1.54) is 0 Å². The summed E-state index contributed by atoms with van der Waals surface area (Å²) in [7, 11) is 1.60. The van der Waals surface area contributed by atoms with Crippen LogP contribution in [0.4, 0.5) is 0 Å². The molecule has 0 aliphatic carbocycles. The van der Waals surface area contributed by atoms with Crippen LogP contribution in [-0.2, 0) is 4.79 Å². The van der Waals surface area contributed by atoms with Gasteiger partial charge in [-0.05, 0) is 44.0 Å². The number of rotatable bonds is 7. The molecular weight excluding hydrogens is 304 g/mol. The van der Waals surface area contributed by atoms with Gasteiger partial charge in [0.1, 0.15) is 11.5 Å². The van der Waals surface area contributed by atoms with Gasteiger partial charge in [-0.15, -0.1) is 12.4 Å². The largest absolute Gasteiger partial charge is 0.497 e. The van der Waals surface area contributed by atoms with Gasteiger partial charge >= 0.3 is 0 Å². The van der Waals surface area contributed by atoms with Crippen molar-refractivity contribution >= 4 is 18.3 Å². The lowest BCUT2D eigenvalue weighted by Gasteiger charge is -2.34. The standard InChI is InChI=1S/C16H26N2O3.ClH/c1-11(2)16(4,10-17)18-15(19)12(3)21-14-8-6-13(20-5)7-9-14;/h6-9,11-12H,10,17H2,1-5H3,(H,18,19);1H. The molecular formula is C16H27ClN2O3. The van der Waals surface area contributed by atoms with Gasteiger partial charge in [-0.2, -0.15) is 0 Å². The van der Waals surface area contributed by atoms with Gasteiger partial charge in [0, 0.05) is 6.54 Å². The zero-order chi connectivity index (χ0) is 16.0. The number of halogens is 1. The molecule has 0 heterocycles. The molecule has 1 aromatic rings. The highest BCUT2D eigenvalue weighted by molar-refractivity contribution is 5.85. The summed E-state index contributed by atoms with van der Waals surface area (Å²) in [6.07, 6.45) is -0.594. The Labute approximate surface area is 139 Å². The quantitative estimate of drug-likeness (QED) is 0.805. The third-order valence-corrected chi connectivity index (χ3v) is 3.85. The number of hydrogen-bond acceptors (Lipinski definition) is 4. The van der Waals surface area contributed by atoms with Crippen molar-refractivity contribution in [2.24, 2.45) is 11.7 Å². The molecule has 0 saturated heterocycles. The van der Waals surface area contributed by atoms with Crippen molar-refractivity contribution in [1.82, 2.24) is 5.32 Å². The summed E-state index contributed by atoms with van der Waals surface area (Å²) in [5.74, 6) is 1.43. The second-order valence-electron chi connectivity index (χ2n) is 5.70. The van der Waals surface area contributed by atoms with Crippen molar-refractivity contribution in [3.8, 4) is 11.5 Å². The first-order valence-corrected chi connectivity index (χ1v) is 7.15. The van der Waals surface area contributed by atoms with Gasteiger partial charge in [0.25, 0.3) is 5.91 Å². The molecule has 3 N–H and O–H groups in total. The number of benzene rings is 1. The number of amides is 1. The Morgan fingerprint density at radius 1 is 1.23 bits per heavy atom. The molecule has 0 fully saturated rings. The van der Waals surface area contributed by atoms with Crippen molar-refractivity contribution in [2.75, 3.05) is 13.7 Å². The minimum absolute atomic E-state index is 0. The molecule has 126 valence electrons. The fourth-order valence-electron chi connectivity index (χ4n) is 1.73. The van der Waals surface area contributed by atoms with E-state index in [-0.39, 0.29) is 24.2 Å². The van der Waals surface area contributed by atoms with Gasteiger partial charge < -0.3 is 20.5 Å². The SMILES string of the molecule is COc1ccc(OC(C)C(=O)NC(C)(CN)C(C)C)cc1.Cl. The summed E-state index contributed by atoms with van der Waals surface area (Å²) in [6, 6.07) is 7.12. The molecule has 0 spiro atoms. The average molecular weight is 331 g/mol. The van der Waals surface area contributed by atoms with Crippen LogP contribution in [0.15, 0.2) is 24.3 Å². The molecule has 0 aliphatic heterocycles. The number of carbonyl (C=O) groups is 1. The molecule has 1 amide bonds. The van der Waals surface area contributed by atoms with Gasteiger partial charge in [0.15, 0.2) is 6.10 Å². The minimum Gasteiger partial charge on any atom is -0.497 e. The summed E-state index contributed by atoms with van der Waals surface area (Å²) >= 11 is 0. The van der Waals surface area contributed by atoms with Crippen LogP contribution in [0.25, 0.3) is 0 Å². The molecule has 1 rings (SSSR count). The van der Waals surface area contributed by atoms with Gasteiger partial charge in [0.2, 0.25) is 0 Å². The van der Waals surface area contributed by atoms with Gasteiger partial charge in [-0.3, -0.25) is 4.79 Å². The molecule has 0 aromatic heterocycles. The normalized spacial score (nSPS) is 14.5. The minimum atomic E-state index is -0.594. The lowest BCUT2D eigenvalue weighted by atomic mass is 9.88. The van der Waals surface area contributed by atoms with Crippen molar-refractivity contribution in [2.45, 2.75) is 39.3 Å². The monoisotopic (exact) mass is 330 g/mol. The third kappa shape index (κ3) is 5.39. The summed E-state index contributed by atoms with van der Waals surface area (Å²) in [5, 5.41) is 2.97. The smallest absolute Gasteiger partial charge is 0.261 e. The summed E-state index contributed by atoms with van der Waals surface area (Å²) in [6.45, 7) is 8.10. The molecule has 0 saturated carbocycles. The summed E-state index contributed by atoms with van der Waals surface area (Å²) in [5.41, 5.74) is 5.34. The van der Waals surface area contributed by atoms with Crippen molar-refractivity contribution in [3.05, 3.63) is 24.3 Å². The first-order chi connectivity index (χ1) is 9.82. The van der Waals surface area contributed by atoms with E-state index in [1.807, 2.05) is 20.8 Å². The van der Waals surface area contributed by atoms with Crippen LogP contribution in [-0.4, -0.2) is 31.2 Å². The second kappa shape index (κ2) is 8.86.